The van der Waals surface area contributed by atoms with E-state index in [0.29, 0.717) is 10.7 Å². The van der Waals surface area contributed by atoms with E-state index in [4.69, 9.17) is 4.74 Å². The number of anilines is 1. The molecule has 0 saturated carbocycles. The largest absolute Gasteiger partial charge is 0.494 e. The average molecular weight is 366 g/mol. The fourth-order valence-electron chi connectivity index (χ4n) is 2.48. The molecule has 5 heteroatoms. The minimum absolute atomic E-state index is 0.144. The third kappa shape index (κ3) is 4.70. The average Bonchev–Trinajstić information content (AvgIpc) is 3.11. The molecule has 2 aromatic carbocycles. The molecule has 0 atom stereocenters. The SMILES string of the molecule is CCCCOc1ccc(-c2csc(NC(=O)c3cccc(C)c3)n2)cc1. The summed E-state index contributed by atoms with van der Waals surface area (Å²) in [5.74, 6) is 0.722. The third-order valence-electron chi connectivity index (χ3n) is 3.92. The van der Waals surface area contributed by atoms with Gasteiger partial charge in [-0.15, -0.1) is 11.3 Å². The molecule has 0 bridgehead atoms. The van der Waals surface area contributed by atoms with E-state index in [9.17, 15) is 4.79 Å². The monoisotopic (exact) mass is 366 g/mol. The molecule has 26 heavy (non-hydrogen) atoms. The van der Waals surface area contributed by atoms with Gasteiger partial charge in [0.15, 0.2) is 5.13 Å². The van der Waals surface area contributed by atoms with Crippen molar-refractivity contribution in [2.75, 3.05) is 11.9 Å². The van der Waals surface area contributed by atoms with Crippen LogP contribution in [0.25, 0.3) is 11.3 Å². The standard InChI is InChI=1S/C21H22N2O2S/c1-3-4-12-25-18-10-8-16(9-11-18)19-14-26-21(22-19)23-20(24)17-7-5-6-15(2)13-17/h5-11,13-14H,3-4,12H2,1-2H3,(H,22,23,24). The highest BCUT2D eigenvalue weighted by atomic mass is 32.1. The van der Waals surface area contributed by atoms with Gasteiger partial charge in [0.2, 0.25) is 0 Å². The zero-order chi connectivity index (χ0) is 18.4. The summed E-state index contributed by atoms with van der Waals surface area (Å²) >= 11 is 1.42. The van der Waals surface area contributed by atoms with Crippen LogP contribution in [0.4, 0.5) is 5.13 Å². The highest BCUT2D eigenvalue weighted by Gasteiger charge is 2.10. The summed E-state index contributed by atoms with van der Waals surface area (Å²) in [6, 6.07) is 15.4. The molecule has 0 fully saturated rings. The Morgan fingerprint density at radius 2 is 2.00 bits per heavy atom. The van der Waals surface area contributed by atoms with Crippen LogP contribution in [0.15, 0.2) is 53.9 Å². The summed E-state index contributed by atoms with van der Waals surface area (Å²) in [6.45, 7) is 4.85. The highest BCUT2D eigenvalue weighted by molar-refractivity contribution is 7.14. The van der Waals surface area contributed by atoms with Crippen molar-refractivity contribution in [3.8, 4) is 17.0 Å². The number of carbonyl (C=O) groups is 1. The Morgan fingerprint density at radius 3 is 2.73 bits per heavy atom. The van der Waals surface area contributed by atoms with Gasteiger partial charge in [0, 0.05) is 16.5 Å². The van der Waals surface area contributed by atoms with Gasteiger partial charge in [0.05, 0.1) is 12.3 Å². The van der Waals surface area contributed by atoms with Crippen molar-refractivity contribution in [2.45, 2.75) is 26.7 Å². The molecule has 0 unspecified atom stereocenters. The number of hydrogen-bond donors (Lipinski definition) is 1. The van der Waals surface area contributed by atoms with Gasteiger partial charge in [-0.25, -0.2) is 4.98 Å². The number of nitrogens with zero attached hydrogens (tertiary/aromatic N) is 1. The molecule has 1 N–H and O–H groups in total. The van der Waals surface area contributed by atoms with Crippen molar-refractivity contribution in [2.24, 2.45) is 0 Å². The van der Waals surface area contributed by atoms with Crippen LogP contribution < -0.4 is 10.1 Å². The van der Waals surface area contributed by atoms with E-state index in [2.05, 4.69) is 17.2 Å². The number of carbonyl (C=O) groups excluding carboxylic acids is 1. The maximum Gasteiger partial charge on any atom is 0.257 e. The number of amides is 1. The number of unbranched alkanes of at least 4 members (excludes halogenated alkanes) is 1. The first kappa shape index (κ1) is 18.1. The van der Waals surface area contributed by atoms with Gasteiger partial charge in [0.1, 0.15) is 5.75 Å². The van der Waals surface area contributed by atoms with Crippen LogP contribution in [0.5, 0.6) is 5.75 Å². The predicted molar refractivity (Wildman–Crippen MR) is 107 cm³/mol. The molecular formula is C21H22N2O2S. The van der Waals surface area contributed by atoms with Gasteiger partial charge in [0.25, 0.3) is 5.91 Å². The lowest BCUT2D eigenvalue weighted by Crippen LogP contribution is -2.11. The van der Waals surface area contributed by atoms with Crippen LogP contribution in [0.2, 0.25) is 0 Å². The summed E-state index contributed by atoms with van der Waals surface area (Å²) < 4.78 is 5.68. The first-order valence-corrected chi connectivity index (χ1v) is 9.60. The quantitative estimate of drug-likeness (QED) is 0.558. The van der Waals surface area contributed by atoms with Crippen LogP contribution in [0.1, 0.15) is 35.7 Å². The van der Waals surface area contributed by atoms with Gasteiger partial charge in [-0.3, -0.25) is 10.1 Å². The van der Waals surface area contributed by atoms with E-state index in [1.165, 1.54) is 11.3 Å². The Hall–Kier alpha value is -2.66. The number of nitrogens with one attached hydrogen (secondary N) is 1. The first-order chi connectivity index (χ1) is 12.7. The number of ether oxygens (including phenoxy) is 1. The number of aryl methyl sites for hydroxylation is 1. The second-order valence-electron chi connectivity index (χ2n) is 6.09. The second kappa shape index (κ2) is 8.63. The summed E-state index contributed by atoms with van der Waals surface area (Å²) in [5, 5.41) is 5.40. The van der Waals surface area contributed by atoms with E-state index < -0.39 is 0 Å². The number of benzene rings is 2. The molecular weight excluding hydrogens is 344 g/mol. The van der Waals surface area contributed by atoms with Crippen LogP contribution in [0.3, 0.4) is 0 Å². The topological polar surface area (TPSA) is 51.2 Å². The third-order valence-corrected chi connectivity index (χ3v) is 4.68. The maximum atomic E-state index is 12.3. The minimum Gasteiger partial charge on any atom is -0.494 e. The van der Waals surface area contributed by atoms with E-state index in [-0.39, 0.29) is 5.91 Å². The van der Waals surface area contributed by atoms with Crippen molar-refractivity contribution in [1.29, 1.82) is 0 Å². The van der Waals surface area contributed by atoms with Crippen molar-refractivity contribution in [3.63, 3.8) is 0 Å². The lowest BCUT2D eigenvalue weighted by atomic mass is 10.1. The van der Waals surface area contributed by atoms with Crippen LogP contribution in [0, 0.1) is 6.92 Å². The molecule has 4 nitrogen and oxygen atoms in total. The van der Waals surface area contributed by atoms with Crippen molar-refractivity contribution in [3.05, 3.63) is 65.0 Å². The molecule has 0 spiro atoms. The molecule has 0 aliphatic rings. The van der Waals surface area contributed by atoms with Gasteiger partial charge < -0.3 is 4.74 Å². The highest BCUT2D eigenvalue weighted by Crippen LogP contribution is 2.27. The maximum absolute atomic E-state index is 12.3. The van der Waals surface area contributed by atoms with Gasteiger partial charge >= 0.3 is 0 Å². The fourth-order valence-corrected chi connectivity index (χ4v) is 3.19. The van der Waals surface area contributed by atoms with Crippen LogP contribution in [-0.4, -0.2) is 17.5 Å². The molecule has 3 rings (SSSR count). The molecule has 0 aliphatic heterocycles. The predicted octanol–water partition coefficient (Wildman–Crippen LogP) is 5.55. The van der Waals surface area contributed by atoms with E-state index in [1.54, 1.807) is 6.07 Å². The van der Waals surface area contributed by atoms with Gasteiger partial charge in [-0.2, -0.15) is 0 Å². The summed E-state index contributed by atoms with van der Waals surface area (Å²) in [5.41, 5.74) is 3.53. The lowest BCUT2D eigenvalue weighted by molar-refractivity contribution is 0.102. The zero-order valence-electron chi connectivity index (χ0n) is 15.0. The first-order valence-electron chi connectivity index (χ1n) is 8.72. The van der Waals surface area contributed by atoms with E-state index in [0.717, 1.165) is 42.0 Å². The molecule has 3 aromatic rings. The molecule has 134 valence electrons. The lowest BCUT2D eigenvalue weighted by Gasteiger charge is -2.05. The summed E-state index contributed by atoms with van der Waals surface area (Å²) in [4.78, 5) is 16.8. The number of thiazole rings is 1. The Labute approximate surface area is 157 Å². The number of aromatic nitrogens is 1. The van der Waals surface area contributed by atoms with Crippen LogP contribution in [-0.2, 0) is 0 Å². The molecule has 0 radical (unpaired) electrons. The molecule has 0 aliphatic carbocycles. The van der Waals surface area contributed by atoms with E-state index >= 15 is 0 Å². The minimum atomic E-state index is -0.144. The summed E-state index contributed by atoms with van der Waals surface area (Å²) in [7, 11) is 0. The Kier molecular flexibility index (Phi) is 6.02. The smallest absolute Gasteiger partial charge is 0.257 e. The number of rotatable bonds is 7. The van der Waals surface area contributed by atoms with Crippen molar-refractivity contribution >= 4 is 22.4 Å². The number of hydrogen-bond acceptors (Lipinski definition) is 4. The molecule has 0 saturated heterocycles. The molecule has 1 heterocycles. The van der Waals surface area contributed by atoms with Crippen molar-refractivity contribution in [1.82, 2.24) is 4.98 Å². The second-order valence-corrected chi connectivity index (χ2v) is 6.95. The Balaban J connectivity index is 1.65. The molecule has 1 aromatic heterocycles. The van der Waals surface area contributed by atoms with E-state index in [1.807, 2.05) is 54.8 Å². The normalized spacial score (nSPS) is 10.5. The van der Waals surface area contributed by atoms with Gasteiger partial charge in [-0.1, -0.05) is 31.0 Å². The Morgan fingerprint density at radius 1 is 1.19 bits per heavy atom. The van der Waals surface area contributed by atoms with Crippen molar-refractivity contribution < 1.29 is 9.53 Å². The summed E-state index contributed by atoms with van der Waals surface area (Å²) in [6.07, 6.45) is 2.17. The Bertz CT molecular complexity index is 872. The van der Waals surface area contributed by atoms with Crippen LogP contribution >= 0.6 is 11.3 Å². The zero-order valence-corrected chi connectivity index (χ0v) is 15.8. The fraction of sp³-hybridized carbons (Fsp3) is 0.238. The molecule has 1 amide bonds. The van der Waals surface area contributed by atoms with Gasteiger partial charge in [-0.05, 0) is 49.7 Å².